The maximum Gasteiger partial charge on any atom is 0.246 e. The number of rotatable bonds is 7. The second-order valence-electron chi connectivity index (χ2n) is 5.56. The van der Waals surface area contributed by atoms with E-state index in [0.29, 0.717) is 13.2 Å². The van der Waals surface area contributed by atoms with E-state index in [4.69, 9.17) is 4.74 Å². The van der Waals surface area contributed by atoms with Crippen molar-refractivity contribution in [2.75, 3.05) is 25.5 Å². The summed E-state index contributed by atoms with van der Waals surface area (Å²) in [5.41, 5.74) is 1.61. The van der Waals surface area contributed by atoms with E-state index in [2.05, 4.69) is 5.32 Å². The van der Waals surface area contributed by atoms with Gasteiger partial charge < -0.3 is 15.0 Å². The Balaban J connectivity index is 1.79. The standard InChI is InChI=1S/C20H22N2O3/c1-16(23)21-18-11-8-17(9-12-18)10-13-20(24)22(2)14-15-25-19-6-4-3-5-7-19/h3-13H,14-15H2,1-2H3,(H,21,23)/b13-10+. The van der Waals surface area contributed by atoms with E-state index in [0.717, 1.165) is 17.0 Å². The number of amides is 2. The summed E-state index contributed by atoms with van der Waals surface area (Å²) in [5, 5.41) is 2.70. The molecular formula is C20H22N2O3. The van der Waals surface area contributed by atoms with Crippen LogP contribution >= 0.6 is 0 Å². The lowest BCUT2D eigenvalue weighted by molar-refractivity contribution is -0.125. The fraction of sp³-hybridized carbons (Fsp3) is 0.200. The van der Waals surface area contributed by atoms with Gasteiger partial charge in [-0.15, -0.1) is 0 Å². The number of carbonyl (C=O) groups is 2. The SMILES string of the molecule is CC(=O)Nc1ccc(/C=C/C(=O)N(C)CCOc2ccccc2)cc1. The van der Waals surface area contributed by atoms with Crippen molar-refractivity contribution >= 4 is 23.6 Å². The Morgan fingerprint density at radius 2 is 1.76 bits per heavy atom. The molecule has 0 aromatic heterocycles. The average Bonchev–Trinajstić information content (AvgIpc) is 2.61. The van der Waals surface area contributed by atoms with Gasteiger partial charge in [0.15, 0.2) is 0 Å². The van der Waals surface area contributed by atoms with Crippen LogP contribution in [0.5, 0.6) is 5.75 Å². The number of hydrogen-bond donors (Lipinski definition) is 1. The van der Waals surface area contributed by atoms with Crippen LogP contribution in [-0.4, -0.2) is 36.9 Å². The summed E-state index contributed by atoms with van der Waals surface area (Å²) in [6.07, 6.45) is 3.27. The average molecular weight is 338 g/mol. The molecule has 0 saturated carbocycles. The van der Waals surface area contributed by atoms with Crippen molar-refractivity contribution in [3.8, 4) is 5.75 Å². The molecule has 130 valence electrons. The van der Waals surface area contributed by atoms with Crippen LogP contribution in [0.4, 0.5) is 5.69 Å². The van der Waals surface area contributed by atoms with Gasteiger partial charge in [-0.25, -0.2) is 0 Å². The Morgan fingerprint density at radius 3 is 2.40 bits per heavy atom. The number of hydrogen-bond acceptors (Lipinski definition) is 3. The highest BCUT2D eigenvalue weighted by atomic mass is 16.5. The van der Waals surface area contributed by atoms with Crippen molar-refractivity contribution in [2.24, 2.45) is 0 Å². The number of likely N-dealkylation sites (N-methyl/N-ethyl adjacent to an activating group) is 1. The van der Waals surface area contributed by atoms with Crippen LogP contribution in [0.1, 0.15) is 12.5 Å². The van der Waals surface area contributed by atoms with Crippen LogP contribution in [0.3, 0.4) is 0 Å². The number of ether oxygens (including phenoxy) is 1. The van der Waals surface area contributed by atoms with Gasteiger partial charge in [0, 0.05) is 25.7 Å². The molecule has 2 amide bonds. The third kappa shape index (κ3) is 6.51. The highest BCUT2D eigenvalue weighted by Crippen LogP contribution is 2.11. The lowest BCUT2D eigenvalue weighted by Gasteiger charge is -2.15. The van der Waals surface area contributed by atoms with Gasteiger partial charge in [0.05, 0.1) is 6.54 Å². The predicted molar refractivity (Wildman–Crippen MR) is 99.4 cm³/mol. The van der Waals surface area contributed by atoms with Gasteiger partial charge in [-0.1, -0.05) is 30.3 Å². The summed E-state index contributed by atoms with van der Waals surface area (Å²) in [6.45, 7) is 2.40. The quantitative estimate of drug-likeness (QED) is 0.789. The first-order valence-corrected chi connectivity index (χ1v) is 8.03. The Hall–Kier alpha value is -3.08. The van der Waals surface area contributed by atoms with Crippen LogP contribution in [0.25, 0.3) is 6.08 Å². The molecule has 0 aliphatic rings. The van der Waals surface area contributed by atoms with Crippen molar-refractivity contribution in [3.63, 3.8) is 0 Å². The molecule has 0 aliphatic heterocycles. The molecule has 0 bridgehead atoms. The minimum atomic E-state index is -0.113. The van der Waals surface area contributed by atoms with Crippen LogP contribution in [-0.2, 0) is 9.59 Å². The molecule has 0 fully saturated rings. The first kappa shape index (κ1) is 18.3. The summed E-state index contributed by atoms with van der Waals surface area (Å²) >= 11 is 0. The molecule has 2 rings (SSSR count). The third-order valence-corrected chi connectivity index (χ3v) is 3.46. The van der Waals surface area contributed by atoms with Gasteiger partial charge in [-0.05, 0) is 35.9 Å². The number of nitrogens with zero attached hydrogens (tertiary/aromatic N) is 1. The zero-order valence-corrected chi connectivity index (χ0v) is 14.4. The first-order chi connectivity index (χ1) is 12.0. The predicted octanol–water partition coefficient (Wildman–Crippen LogP) is 3.20. The summed E-state index contributed by atoms with van der Waals surface area (Å²) in [4.78, 5) is 24.7. The summed E-state index contributed by atoms with van der Waals surface area (Å²) < 4.78 is 5.58. The fourth-order valence-corrected chi connectivity index (χ4v) is 2.10. The summed E-state index contributed by atoms with van der Waals surface area (Å²) in [6, 6.07) is 16.8. The van der Waals surface area contributed by atoms with Gasteiger partial charge in [-0.2, -0.15) is 0 Å². The van der Waals surface area contributed by atoms with Crippen LogP contribution in [0, 0.1) is 0 Å². The van der Waals surface area contributed by atoms with E-state index in [9.17, 15) is 9.59 Å². The van der Waals surface area contributed by atoms with Crippen molar-refractivity contribution in [1.82, 2.24) is 4.90 Å². The Kier molecular flexibility index (Phi) is 6.77. The monoisotopic (exact) mass is 338 g/mol. The molecule has 0 radical (unpaired) electrons. The lowest BCUT2D eigenvalue weighted by atomic mass is 10.2. The molecule has 0 spiro atoms. The normalized spacial score (nSPS) is 10.5. The molecule has 25 heavy (non-hydrogen) atoms. The van der Waals surface area contributed by atoms with Crippen molar-refractivity contribution in [3.05, 3.63) is 66.2 Å². The molecule has 2 aromatic carbocycles. The highest BCUT2D eigenvalue weighted by molar-refractivity contribution is 5.92. The Morgan fingerprint density at radius 1 is 1.08 bits per heavy atom. The van der Waals surface area contributed by atoms with E-state index in [1.165, 1.54) is 13.0 Å². The minimum Gasteiger partial charge on any atom is -0.492 e. The van der Waals surface area contributed by atoms with E-state index >= 15 is 0 Å². The number of anilines is 1. The Bertz CT molecular complexity index is 724. The van der Waals surface area contributed by atoms with E-state index in [1.54, 1.807) is 30.2 Å². The minimum absolute atomic E-state index is 0.0948. The lowest BCUT2D eigenvalue weighted by Crippen LogP contribution is -2.29. The molecule has 0 unspecified atom stereocenters. The molecule has 2 aromatic rings. The molecule has 1 N–H and O–H groups in total. The Labute approximate surface area is 147 Å². The van der Waals surface area contributed by atoms with Gasteiger partial charge in [0.1, 0.15) is 12.4 Å². The molecule has 0 heterocycles. The van der Waals surface area contributed by atoms with Crippen LogP contribution in [0.2, 0.25) is 0 Å². The maximum atomic E-state index is 12.1. The largest absolute Gasteiger partial charge is 0.492 e. The first-order valence-electron chi connectivity index (χ1n) is 8.03. The summed E-state index contributed by atoms with van der Waals surface area (Å²) in [7, 11) is 1.74. The zero-order chi connectivity index (χ0) is 18.1. The van der Waals surface area contributed by atoms with Gasteiger partial charge >= 0.3 is 0 Å². The molecule has 5 heteroatoms. The van der Waals surface area contributed by atoms with E-state index in [1.807, 2.05) is 42.5 Å². The summed E-state index contributed by atoms with van der Waals surface area (Å²) in [5.74, 6) is 0.582. The topological polar surface area (TPSA) is 58.6 Å². The highest BCUT2D eigenvalue weighted by Gasteiger charge is 2.05. The van der Waals surface area contributed by atoms with Crippen molar-refractivity contribution < 1.29 is 14.3 Å². The molecule has 5 nitrogen and oxygen atoms in total. The fourth-order valence-electron chi connectivity index (χ4n) is 2.10. The third-order valence-electron chi connectivity index (χ3n) is 3.46. The van der Waals surface area contributed by atoms with Crippen LogP contribution < -0.4 is 10.1 Å². The second-order valence-corrected chi connectivity index (χ2v) is 5.56. The van der Waals surface area contributed by atoms with Gasteiger partial charge in [0.2, 0.25) is 11.8 Å². The van der Waals surface area contributed by atoms with E-state index in [-0.39, 0.29) is 11.8 Å². The molecule has 0 saturated heterocycles. The van der Waals surface area contributed by atoms with Crippen LogP contribution in [0.15, 0.2) is 60.7 Å². The van der Waals surface area contributed by atoms with Crippen molar-refractivity contribution in [2.45, 2.75) is 6.92 Å². The molecule has 0 aliphatic carbocycles. The second kappa shape index (κ2) is 9.27. The van der Waals surface area contributed by atoms with Crippen molar-refractivity contribution in [1.29, 1.82) is 0 Å². The molecule has 0 atom stereocenters. The maximum absolute atomic E-state index is 12.1. The number of benzene rings is 2. The molecular weight excluding hydrogens is 316 g/mol. The number of carbonyl (C=O) groups excluding carboxylic acids is 2. The number of para-hydroxylation sites is 1. The van der Waals surface area contributed by atoms with E-state index < -0.39 is 0 Å². The number of nitrogens with one attached hydrogen (secondary N) is 1. The van der Waals surface area contributed by atoms with Gasteiger partial charge in [-0.3, -0.25) is 9.59 Å². The smallest absolute Gasteiger partial charge is 0.246 e. The van der Waals surface area contributed by atoms with Gasteiger partial charge in [0.25, 0.3) is 0 Å². The zero-order valence-electron chi connectivity index (χ0n) is 14.4.